The molecule has 8 heteroatoms. The Morgan fingerprint density at radius 3 is 2.42 bits per heavy atom. The van der Waals surface area contributed by atoms with Crippen LogP contribution in [-0.4, -0.2) is 61.5 Å². The number of hydrogen-bond acceptors (Lipinski definition) is 6. The number of nitrogens with zero attached hydrogens (tertiary/aromatic N) is 2. The van der Waals surface area contributed by atoms with Crippen molar-refractivity contribution in [2.24, 2.45) is 0 Å². The normalized spacial score (nSPS) is 15.8. The summed E-state index contributed by atoms with van der Waals surface area (Å²) in [5.41, 5.74) is 2.71. The Labute approximate surface area is 179 Å². The third-order valence-corrected chi connectivity index (χ3v) is 5.42. The van der Waals surface area contributed by atoms with Crippen molar-refractivity contribution in [3.63, 3.8) is 0 Å². The quantitative estimate of drug-likeness (QED) is 0.554. The Morgan fingerprint density at radius 2 is 1.68 bits per heavy atom. The van der Waals surface area contributed by atoms with Crippen LogP contribution in [0.15, 0.2) is 36.4 Å². The van der Waals surface area contributed by atoms with Gasteiger partial charge in [0, 0.05) is 13.1 Å². The van der Waals surface area contributed by atoms with E-state index >= 15 is 0 Å². The molecule has 1 fully saturated rings. The molecule has 0 unspecified atom stereocenters. The number of carbonyl (C=O) groups is 4. The van der Waals surface area contributed by atoms with Gasteiger partial charge in [-0.25, -0.2) is 9.69 Å². The highest BCUT2D eigenvalue weighted by Gasteiger charge is 2.38. The van der Waals surface area contributed by atoms with E-state index in [1.807, 2.05) is 26.0 Å². The highest BCUT2D eigenvalue weighted by atomic mass is 16.5. The molecule has 0 bridgehead atoms. The molecule has 2 heterocycles. The van der Waals surface area contributed by atoms with E-state index in [4.69, 9.17) is 9.47 Å². The number of morpholine rings is 1. The lowest BCUT2D eigenvalue weighted by molar-refractivity contribution is -0.138. The van der Waals surface area contributed by atoms with Crippen LogP contribution in [0.1, 0.15) is 42.2 Å². The predicted octanol–water partition coefficient (Wildman–Crippen LogP) is 2.12. The van der Waals surface area contributed by atoms with E-state index in [9.17, 15) is 19.2 Å². The maximum atomic E-state index is 13.0. The maximum Gasteiger partial charge on any atom is 0.338 e. The molecule has 3 amide bonds. The highest BCUT2D eigenvalue weighted by molar-refractivity contribution is 6.35. The molecule has 2 aliphatic heterocycles. The van der Waals surface area contributed by atoms with Crippen molar-refractivity contribution < 1.29 is 28.7 Å². The van der Waals surface area contributed by atoms with Gasteiger partial charge in [-0.05, 0) is 49.2 Å². The Morgan fingerprint density at radius 1 is 0.968 bits per heavy atom. The van der Waals surface area contributed by atoms with Crippen molar-refractivity contribution in [2.75, 3.05) is 37.8 Å². The minimum absolute atomic E-state index is 0.109. The van der Waals surface area contributed by atoms with Crippen LogP contribution in [0.3, 0.4) is 0 Å². The SMILES string of the molecule is Cc1ccc(C)c(N2C(=O)c3ccc(C(=O)OCC(=O)N4CCOCC4)cc3C2=O)c1. The number of carbonyl (C=O) groups excluding carboxylic acids is 4. The van der Waals surface area contributed by atoms with E-state index in [1.54, 1.807) is 11.0 Å². The van der Waals surface area contributed by atoms with E-state index in [0.717, 1.165) is 16.0 Å². The van der Waals surface area contributed by atoms with E-state index in [-0.39, 0.29) is 22.6 Å². The number of benzene rings is 2. The van der Waals surface area contributed by atoms with Gasteiger partial charge < -0.3 is 14.4 Å². The molecule has 0 saturated carbocycles. The zero-order valence-electron chi connectivity index (χ0n) is 17.3. The number of ether oxygens (including phenoxy) is 2. The van der Waals surface area contributed by atoms with Gasteiger partial charge in [-0.1, -0.05) is 12.1 Å². The Bertz CT molecular complexity index is 1090. The van der Waals surface area contributed by atoms with Gasteiger partial charge in [0.25, 0.3) is 17.7 Å². The fourth-order valence-corrected chi connectivity index (χ4v) is 3.66. The lowest BCUT2D eigenvalue weighted by atomic mass is 10.1. The number of fused-ring (bicyclic) bond motifs is 1. The highest BCUT2D eigenvalue weighted by Crippen LogP contribution is 2.31. The first kappa shape index (κ1) is 20.7. The Balaban J connectivity index is 1.51. The second kappa shape index (κ2) is 8.31. The molecule has 0 atom stereocenters. The van der Waals surface area contributed by atoms with Crippen LogP contribution in [0.4, 0.5) is 5.69 Å². The molecule has 0 aliphatic carbocycles. The van der Waals surface area contributed by atoms with Crippen LogP contribution in [0, 0.1) is 13.8 Å². The summed E-state index contributed by atoms with van der Waals surface area (Å²) < 4.78 is 10.3. The van der Waals surface area contributed by atoms with Crippen molar-refractivity contribution in [2.45, 2.75) is 13.8 Å². The molecule has 0 radical (unpaired) electrons. The van der Waals surface area contributed by atoms with Crippen LogP contribution in [0.5, 0.6) is 0 Å². The molecule has 2 aromatic rings. The molecule has 1 saturated heterocycles. The molecule has 0 N–H and O–H groups in total. The Kier molecular flexibility index (Phi) is 5.56. The number of esters is 1. The molecule has 2 aromatic carbocycles. The van der Waals surface area contributed by atoms with Crippen molar-refractivity contribution >= 4 is 29.4 Å². The van der Waals surface area contributed by atoms with Gasteiger partial charge in [0.05, 0.1) is 35.6 Å². The lowest BCUT2D eigenvalue weighted by Crippen LogP contribution is -2.42. The molecule has 31 heavy (non-hydrogen) atoms. The van der Waals surface area contributed by atoms with Crippen LogP contribution in [0.2, 0.25) is 0 Å². The topological polar surface area (TPSA) is 93.2 Å². The van der Waals surface area contributed by atoms with Gasteiger partial charge in [0.2, 0.25) is 0 Å². The molecular weight excluding hydrogens is 400 g/mol. The van der Waals surface area contributed by atoms with Crippen LogP contribution < -0.4 is 4.90 Å². The summed E-state index contributed by atoms with van der Waals surface area (Å²) in [5, 5.41) is 0. The first-order chi connectivity index (χ1) is 14.9. The molecule has 0 spiro atoms. The number of anilines is 1. The van der Waals surface area contributed by atoms with E-state index < -0.39 is 24.4 Å². The molecule has 8 nitrogen and oxygen atoms in total. The summed E-state index contributed by atoms with van der Waals surface area (Å²) in [5.74, 6) is -1.95. The largest absolute Gasteiger partial charge is 0.452 e. The smallest absolute Gasteiger partial charge is 0.338 e. The second-order valence-corrected chi connectivity index (χ2v) is 7.57. The number of aryl methyl sites for hydroxylation is 2. The average molecular weight is 422 g/mol. The molecule has 4 rings (SSSR count). The number of rotatable bonds is 4. The van der Waals surface area contributed by atoms with Gasteiger partial charge in [-0.3, -0.25) is 14.4 Å². The van der Waals surface area contributed by atoms with E-state index in [0.29, 0.717) is 32.0 Å². The van der Waals surface area contributed by atoms with E-state index in [2.05, 4.69) is 0 Å². The fourth-order valence-electron chi connectivity index (χ4n) is 3.66. The minimum Gasteiger partial charge on any atom is -0.452 e. The van der Waals surface area contributed by atoms with Crippen molar-refractivity contribution in [1.29, 1.82) is 0 Å². The molecule has 160 valence electrons. The van der Waals surface area contributed by atoms with Crippen LogP contribution >= 0.6 is 0 Å². The van der Waals surface area contributed by atoms with Crippen molar-refractivity contribution in [1.82, 2.24) is 4.90 Å². The van der Waals surface area contributed by atoms with Gasteiger partial charge in [-0.2, -0.15) is 0 Å². The van der Waals surface area contributed by atoms with Gasteiger partial charge in [0.15, 0.2) is 6.61 Å². The minimum atomic E-state index is -0.727. The summed E-state index contributed by atoms with van der Waals surface area (Å²) in [7, 11) is 0. The summed E-state index contributed by atoms with van der Waals surface area (Å²) >= 11 is 0. The van der Waals surface area contributed by atoms with Crippen molar-refractivity contribution in [3.05, 3.63) is 64.2 Å². The number of hydrogen-bond donors (Lipinski definition) is 0. The standard InChI is InChI=1S/C23H22N2O6/c1-14-3-4-15(2)19(11-14)25-21(27)17-6-5-16(12-18(17)22(25)28)23(29)31-13-20(26)24-7-9-30-10-8-24/h3-6,11-12H,7-10,13H2,1-2H3. The van der Waals surface area contributed by atoms with Gasteiger partial charge in [0.1, 0.15) is 0 Å². The zero-order valence-corrected chi connectivity index (χ0v) is 17.3. The van der Waals surface area contributed by atoms with Gasteiger partial charge >= 0.3 is 5.97 Å². The summed E-state index contributed by atoms with van der Waals surface area (Å²) in [4.78, 5) is 53.2. The monoisotopic (exact) mass is 422 g/mol. The predicted molar refractivity (Wildman–Crippen MR) is 111 cm³/mol. The average Bonchev–Trinajstić information content (AvgIpc) is 3.03. The Hall–Kier alpha value is -3.52. The second-order valence-electron chi connectivity index (χ2n) is 7.57. The third-order valence-electron chi connectivity index (χ3n) is 5.42. The number of amides is 3. The van der Waals surface area contributed by atoms with Crippen LogP contribution in [0.25, 0.3) is 0 Å². The summed E-state index contributed by atoms with van der Waals surface area (Å²) in [6.45, 7) is 5.15. The van der Waals surface area contributed by atoms with Gasteiger partial charge in [-0.15, -0.1) is 0 Å². The van der Waals surface area contributed by atoms with Crippen molar-refractivity contribution in [3.8, 4) is 0 Å². The third kappa shape index (κ3) is 3.94. The zero-order chi connectivity index (χ0) is 22.1. The first-order valence-corrected chi connectivity index (χ1v) is 9.99. The molecule has 0 aromatic heterocycles. The summed E-state index contributed by atoms with van der Waals surface area (Å²) in [6, 6.07) is 9.76. The fraction of sp³-hybridized carbons (Fsp3) is 0.304. The maximum absolute atomic E-state index is 13.0. The molecular formula is C23H22N2O6. The first-order valence-electron chi connectivity index (χ1n) is 9.99. The van der Waals surface area contributed by atoms with E-state index in [1.165, 1.54) is 18.2 Å². The summed E-state index contributed by atoms with van der Waals surface area (Å²) in [6.07, 6.45) is 0. The number of imide groups is 1. The lowest BCUT2D eigenvalue weighted by Gasteiger charge is -2.26. The van der Waals surface area contributed by atoms with Crippen LogP contribution in [-0.2, 0) is 14.3 Å². The molecule has 2 aliphatic rings.